The summed E-state index contributed by atoms with van der Waals surface area (Å²) in [4.78, 5) is 15.4. The normalized spacial score (nSPS) is 18.8. The van der Waals surface area contributed by atoms with Gasteiger partial charge in [0, 0.05) is 22.8 Å². The largest absolute Gasteiger partial charge is 0.308 e. The molecule has 0 spiro atoms. The van der Waals surface area contributed by atoms with E-state index in [0.717, 1.165) is 24.2 Å². The standard InChI is InChI=1S/C15H19NOS/c1-11(2)10-15(17)16-9-8-12(3)18-14-7-5-4-6-13(14)16/h4-7,10,12H,8-9H2,1-3H3/t12-/m0/s1. The van der Waals surface area contributed by atoms with Crippen molar-refractivity contribution in [3.05, 3.63) is 35.9 Å². The number of benzene rings is 1. The molecule has 1 aromatic carbocycles. The summed E-state index contributed by atoms with van der Waals surface area (Å²) in [5.74, 6) is 0.0946. The van der Waals surface area contributed by atoms with Crippen molar-refractivity contribution < 1.29 is 4.79 Å². The Morgan fingerprint density at radius 1 is 1.39 bits per heavy atom. The van der Waals surface area contributed by atoms with Crippen LogP contribution in [0.2, 0.25) is 0 Å². The monoisotopic (exact) mass is 261 g/mol. The third-order valence-electron chi connectivity index (χ3n) is 2.92. The minimum atomic E-state index is 0.0946. The van der Waals surface area contributed by atoms with Crippen LogP contribution in [0.15, 0.2) is 40.8 Å². The van der Waals surface area contributed by atoms with Crippen molar-refractivity contribution >= 4 is 23.4 Å². The lowest BCUT2D eigenvalue weighted by Gasteiger charge is -2.21. The predicted octanol–water partition coefficient (Wildman–Crippen LogP) is 3.87. The van der Waals surface area contributed by atoms with E-state index in [1.807, 2.05) is 48.7 Å². The average Bonchev–Trinajstić information content (AvgIpc) is 2.46. The lowest BCUT2D eigenvalue weighted by molar-refractivity contribution is -0.114. The molecule has 0 fully saturated rings. The lowest BCUT2D eigenvalue weighted by Crippen LogP contribution is -2.30. The highest BCUT2D eigenvalue weighted by atomic mass is 32.2. The molecule has 0 aliphatic carbocycles. The number of nitrogens with zero attached hydrogens (tertiary/aromatic N) is 1. The maximum atomic E-state index is 12.3. The van der Waals surface area contributed by atoms with Crippen LogP contribution in [-0.4, -0.2) is 17.7 Å². The van der Waals surface area contributed by atoms with Gasteiger partial charge in [0.2, 0.25) is 0 Å². The zero-order chi connectivity index (χ0) is 13.1. The first-order chi connectivity index (χ1) is 8.58. The van der Waals surface area contributed by atoms with Gasteiger partial charge in [-0.3, -0.25) is 4.79 Å². The van der Waals surface area contributed by atoms with Crippen molar-refractivity contribution in [1.82, 2.24) is 0 Å². The van der Waals surface area contributed by atoms with E-state index in [4.69, 9.17) is 0 Å². The second-order valence-electron chi connectivity index (χ2n) is 4.90. The fraction of sp³-hybridized carbons (Fsp3) is 0.400. The Kier molecular flexibility index (Phi) is 4.12. The van der Waals surface area contributed by atoms with Crippen LogP contribution in [0.1, 0.15) is 27.2 Å². The number of para-hydroxylation sites is 1. The Morgan fingerprint density at radius 3 is 2.83 bits per heavy atom. The number of carbonyl (C=O) groups excluding carboxylic acids is 1. The molecular formula is C15H19NOS. The third kappa shape index (κ3) is 2.96. The fourth-order valence-electron chi connectivity index (χ4n) is 2.04. The fourth-order valence-corrected chi connectivity index (χ4v) is 3.15. The minimum absolute atomic E-state index is 0.0946. The SMILES string of the molecule is CC(C)=CC(=O)N1CC[C@H](C)Sc2ccccc21. The zero-order valence-corrected chi connectivity index (χ0v) is 12.0. The summed E-state index contributed by atoms with van der Waals surface area (Å²) in [5, 5.41) is 0.552. The minimum Gasteiger partial charge on any atom is -0.308 e. The van der Waals surface area contributed by atoms with Gasteiger partial charge in [-0.1, -0.05) is 24.6 Å². The number of allylic oxidation sites excluding steroid dienone is 1. The molecule has 0 bridgehead atoms. The van der Waals surface area contributed by atoms with Gasteiger partial charge >= 0.3 is 0 Å². The van der Waals surface area contributed by atoms with Gasteiger partial charge in [-0.05, 0) is 32.4 Å². The van der Waals surface area contributed by atoms with Crippen molar-refractivity contribution in [3.63, 3.8) is 0 Å². The van der Waals surface area contributed by atoms with Crippen molar-refractivity contribution in [1.29, 1.82) is 0 Å². The average molecular weight is 261 g/mol. The lowest BCUT2D eigenvalue weighted by atomic mass is 10.2. The summed E-state index contributed by atoms with van der Waals surface area (Å²) >= 11 is 1.86. The summed E-state index contributed by atoms with van der Waals surface area (Å²) < 4.78 is 0. The molecule has 1 aromatic rings. The van der Waals surface area contributed by atoms with E-state index in [-0.39, 0.29) is 5.91 Å². The molecular weight excluding hydrogens is 242 g/mol. The summed E-state index contributed by atoms with van der Waals surface area (Å²) in [6.45, 7) is 6.93. The first kappa shape index (κ1) is 13.2. The Morgan fingerprint density at radius 2 is 2.11 bits per heavy atom. The van der Waals surface area contributed by atoms with E-state index < -0.39 is 0 Å². The van der Waals surface area contributed by atoms with E-state index in [9.17, 15) is 4.79 Å². The molecule has 1 atom stereocenters. The van der Waals surface area contributed by atoms with Crippen LogP contribution >= 0.6 is 11.8 Å². The number of hydrogen-bond donors (Lipinski definition) is 0. The van der Waals surface area contributed by atoms with Crippen molar-refractivity contribution in [3.8, 4) is 0 Å². The molecule has 0 N–H and O–H groups in total. The second kappa shape index (κ2) is 5.61. The molecule has 1 aliphatic rings. The van der Waals surface area contributed by atoms with Gasteiger partial charge in [-0.2, -0.15) is 0 Å². The Hall–Kier alpha value is -1.22. The van der Waals surface area contributed by atoms with Gasteiger partial charge < -0.3 is 4.90 Å². The first-order valence-corrected chi connectivity index (χ1v) is 7.18. The molecule has 18 heavy (non-hydrogen) atoms. The molecule has 0 saturated heterocycles. The number of anilines is 1. The highest BCUT2D eigenvalue weighted by Crippen LogP contribution is 2.37. The van der Waals surface area contributed by atoms with Crippen LogP contribution < -0.4 is 4.90 Å². The summed E-state index contributed by atoms with van der Waals surface area (Å²) in [6, 6.07) is 8.17. The maximum Gasteiger partial charge on any atom is 0.250 e. The van der Waals surface area contributed by atoms with Crippen LogP contribution in [0, 0.1) is 0 Å². The van der Waals surface area contributed by atoms with Gasteiger partial charge in [-0.15, -0.1) is 11.8 Å². The molecule has 1 amide bonds. The van der Waals surface area contributed by atoms with E-state index in [1.54, 1.807) is 6.08 Å². The molecule has 3 heteroatoms. The van der Waals surface area contributed by atoms with Gasteiger partial charge in [0.15, 0.2) is 0 Å². The molecule has 0 aromatic heterocycles. The van der Waals surface area contributed by atoms with Crippen molar-refractivity contribution in [2.75, 3.05) is 11.4 Å². The number of fused-ring (bicyclic) bond motifs is 1. The summed E-state index contributed by atoms with van der Waals surface area (Å²) in [5.41, 5.74) is 2.09. The Bertz CT molecular complexity index is 477. The number of carbonyl (C=O) groups is 1. The molecule has 0 saturated carbocycles. The van der Waals surface area contributed by atoms with E-state index >= 15 is 0 Å². The number of hydrogen-bond acceptors (Lipinski definition) is 2. The first-order valence-electron chi connectivity index (χ1n) is 6.30. The molecule has 1 heterocycles. The predicted molar refractivity (Wildman–Crippen MR) is 78.2 cm³/mol. The van der Waals surface area contributed by atoms with Crippen LogP contribution in [0.4, 0.5) is 5.69 Å². The van der Waals surface area contributed by atoms with Crippen molar-refractivity contribution in [2.45, 2.75) is 37.3 Å². The summed E-state index contributed by atoms with van der Waals surface area (Å²) in [7, 11) is 0. The van der Waals surface area contributed by atoms with Crippen LogP contribution in [-0.2, 0) is 4.79 Å². The van der Waals surface area contributed by atoms with Gasteiger partial charge in [0.1, 0.15) is 0 Å². The van der Waals surface area contributed by atoms with E-state index in [0.29, 0.717) is 5.25 Å². The molecule has 2 rings (SSSR count). The summed E-state index contributed by atoms with van der Waals surface area (Å²) in [6.07, 6.45) is 2.75. The molecule has 0 unspecified atom stereocenters. The number of rotatable bonds is 1. The van der Waals surface area contributed by atoms with Crippen LogP contribution in [0.3, 0.4) is 0 Å². The molecule has 96 valence electrons. The van der Waals surface area contributed by atoms with Crippen molar-refractivity contribution in [2.24, 2.45) is 0 Å². The van der Waals surface area contributed by atoms with Crippen LogP contribution in [0.25, 0.3) is 0 Å². The molecule has 1 aliphatic heterocycles. The van der Waals surface area contributed by atoms with Gasteiger partial charge in [0.25, 0.3) is 5.91 Å². The zero-order valence-electron chi connectivity index (χ0n) is 11.1. The van der Waals surface area contributed by atoms with Gasteiger partial charge in [-0.25, -0.2) is 0 Å². The highest BCUT2D eigenvalue weighted by molar-refractivity contribution is 8.00. The quantitative estimate of drug-likeness (QED) is 0.715. The number of thioether (sulfide) groups is 1. The Labute approximate surface area is 113 Å². The highest BCUT2D eigenvalue weighted by Gasteiger charge is 2.22. The smallest absolute Gasteiger partial charge is 0.250 e. The van der Waals surface area contributed by atoms with Crippen LogP contribution in [0.5, 0.6) is 0 Å². The third-order valence-corrected chi connectivity index (χ3v) is 4.16. The number of amides is 1. The molecule has 0 radical (unpaired) electrons. The van der Waals surface area contributed by atoms with Gasteiger partial charge in [0.05, 0.1) is 5.69 Å². The Balaban J connectivity index is 2.37. The molecule has 2 nitrogen and oxygen atoms in total. The van der Waals surface area contributed by atoms with E-state index in [1.165, 1.54) is 4.90 Å². The second-order valence-corrected chi connectivity index (χ2v) is 6.38. The maximum absolute atomic E-state index is 12.3. The topological polar surface area (TPSA) is 20.3 Å². The van der Waals surface area contributed by atoms with E-state index in [2.05, 4.69) is 13.0 Å².